The predicted octanol–water partition coefficient (Wildman–Crippen LogP) is 0.861. The Morgan fingerprint density at radius 3 is 2.50 bits per heavy atom. The minimum atomic E-state index is 0.584. The Kier molecular flexibility index (Phi) is 1.92. The molecule has 0 radical (unpaired) electrons. The Labute approximate surface area is 81.6 Å². The average molecular weight is 189 g/mol. The number of hydrogen-bond donors (Lipinski definition) is 1. The molecule has 0 spiro atoms. The zero-order valence-corrected chi connectivity index (χ0v) is 8.10. The van der Waals surface area contributed by atoms with E-state index < -0.39 is 0 Å². The molecule has 2 rings (SSSR count). The summed E-state index contributed by atoms with van der Waals surface area (Å²) in [5, 5.41) is 4.22. The molecule has 2 aromatic rings. The van der Waals surface area contributed by atoms with Gasteiger partial charge in [-0.1, -0.05) is 0 Å². The number of aromatic nitrogens is 4. The van der Waals surface area contributed by atoms with Crippen molar-refractivity contribution in [1.82, 2.24) is 19.7 Å². The summed E-state index contributed by atoms with van der Waals surface area (Å²) in [7, 11) is 0. The van der Waals surface area contributed by atoms with Crippen LogP contribution < -0.4 is 5.73 Å². The van der Waals surface area contributed by atoms with E-state index in [1.54, 1.807) is 10.7 Å². The van der Waals surface area contributed by atoms with Crippen LogP contribution in [0.3, 0.4) is 0 Å². The zero-order valence-electron chi connectivity index (χ0n) is 8.10. The minimum Gasteiger partial charge on any atom is -0.384 e. The molecule has 0 aliphatic heterocycles. The Morgan fingerprint density at radius 2 is 1.93 bits per heavy atom. The molecule has 0 atom stereocenters. The van der Waals surface area contributed by atoms with Crippen LogP contribution in [-0.4, -0.2) is 19.7 Å². The molecule has 2 heterocycles. The molecule has 14 heavy (non-hydrogen) atoms. The molecule has 0 fully saturated rings. The summed E-state index contributed by atoms with van der Waals surface area (Å²) >= 11 is 0. The first-order valence-electron chi connectivity index (χ1n) is 4.28. The lowest BCUT2D eigenvalue weighted by Crippen LogP contribution is -2.04. The van der Waals surface area contributed by atoms with Crippen molar-refractivity contribution in [1.29, 1.82) is 0 Å². The maximum atomic E-state index is 5.76. The van der Waals surface area contributed by atoms with Gasteiger partial charge in [-0.3, -0.25) is 0 Å². The third kappa shape index (κ3) is 1.44. The van der Waals surface area contributed by atoms with Crippen molar-refractivity contribution >= 4 is 5.82 Å². The third-order valence-electron chi connectivity index (χ3n) is 1.87. The summed E-state index contributed by atoms with van der Waals surface area (Å²) in [6.07, 6.45) is 1.50. The molecule has 5 nitrogen and oxygen atoms in total. The van der Waals surface area contributed by atoms with Gasteiger partial charge in [-0.05, 0) is 13.8 Å². The van der Waals surface area contributed by atoms with Gasteiger partial charge in [-0.2, -0.15) is 9.78 Å². The topological polar surface area (TPSA) is 69.6 Å². The van der Waals surface area contributed by atoms with Gasteiger partial charge < -0.3 is 5.73 Å². The minimum absolute atomic E-state index is 0.584. The van der Waals surface area contributed by atoms with E-state index in [0.29, 0.717) is 11.6 Å². The Morgan fingerprint density at radius 1 is 1.14 bits per heavy atom. The second-order valence-corrected chi connectivity index (χ2v) is 3.14. The van der Waals surface area contributed by atoms with E-state index in [4.69, 9.17) is 5.73 Å². The lowest BCUT2D eigenvalue weighted by molar-refractivity contribution is 0.830. The zero-order chi connectivity index (χ0) is 10.1. The molecule has 0 amide bonds. The summed E-state index contributed by atoms with van der Waals surface area (Å²) in [5.74, 6) is 1.28. The van der Waals surface area contributed by atoms with E-state index in [-0.39, 0.29) is 0 Å². The monoisotopic (exact) mass is 189 g/mol. The number of nitrogens with two attached hydrogens (primary N) is 1. The maximum Gasteiger partial charge on any atom is 0.159 e. The Hall–Kier alpha value is -1.91. The van der Waals surface area contributed by atoms with Crippen LogP contribution in [0.25, 0.3) is 5.82 Å². The van der Waals surface area contributed by atoms with Crippen LogP contribution in [0, 0.1) is 13.8 Å². The van der Waals surface area contributed by atoms with Crippen LogP contribution >= 0.6 is 0 Å². The van der Waals surface area contributed by atoms with Crippen molar-refractivity contribution in [2.45, 2.75) is 13.8 Å². The highest BCUT2D eigenvalue weighted by molar-refractivity contribution is 5.38. The fraction of sp³-hybridized carbons (Fsp3) is 0.222. The third-order valence-corrected chi connectivity index (χ3v) is 1.87. The highest BCUT2D eigenvalue weighted by Crippen LogP contribution is 2.11. The van der Waals surface area contributed by atoms with Crippen molar-refractivity contribution in [3.8, 4) is 5.82 Å². The summed E-state index contributed by atoms with van der Waals surface area (Å²) in [6.45, 7) is 3.79. The Balaban J connectivity index is 2.54. The largest absolute Gasteiger partial charge is 0.384 e. The molecular formula is C9H11N5. The molecule has 0 saturated heterocycles. The van der Waals surface area contributed by atoms with E-state index in [0.717, 1.165) is 11.4 Å². The van der Waals surface area contributed by atoms with Crippen molar-refractivity contribution in [2.75, 3.05) is 5.73 Å². The molecule has 2 N–H and O–H groups in total. The van der Waals surface area contributed by atoms with Crippen LogP contribution in [0.5, 0.6) is 0 Å². The smallest absolute Gasteiger partial charge is 0.159 e. The van der Waals surface area contributed by atoms with E-state index in [1.165, 1.54) is 6.33 Å². The summed E-state index contributed by atoms with van der Waals surface area (Å²) in [5.41, 5.74) is 7.53. The molecule has 5 heteroatoms. The van der Waals surface area contributed by atoms with Crippen molar-refractivity contribution in [3.05, 3.63) is 29.8 Å². The Bertz CT molecular complexity index is 460. The van der Waals surface area contributed by atoms with E-state index >= 15 is 0 Å². The average Bonchev–Trinajstić information content (AvgIpc) is 2.45. The highest BCUT2D eigenvalue weighted by atomic mass is 15.3. The van der Waals surface area contributed by atoms with Gasteiger partial charge in [0.05, 0.1) is 5.69 Å². The van der Waals surface area contributed by atoms with Gasteiger partial charge in [0.15, 0.2) is 5.82 Å². The molecule has 0 aliphatic rings. The fourth-order valence-electron chi connectivity index (χ4n) is 1.26. The van der Waals surface area contributed by atoms with Gasteiger partial charge in [0.2, 0.25) is 0 Å². The molecule has 0 unspecified atom stereocenters. The number of hydrogen-bond acceptors (Lipinski definition) is 4. The summed E-state index contributed by atoms with van der Waals surface area (Å²) in [4.78, 5) is 8.10. The van der Waals surface area contributed by atoms with Gasteiger partial charge in [0.1, 0.15) is 12.1 Å². The lowest BCUT2D eigenvalue weighted by Gasteiger charge is -2.02. The first kappa shape index (κ1) is 8.68. The van der Waals surface area contributed by atoms with Crippen LogP contribution in [0.4, 0.5) is 5.82 Å². The fourth-order valence-corrected chi connectivity index (χ4v) is 1.26. The number of nitrogen functional groups attached to an aromatic ring is 1. The SMILES string of the molecule is Cc1cc(-n2nc(C)cc2N)ncn1. The molecule has 0 bridgehead atoms. The second kappa shape index (κ2) is 3.10. The molecule has 0 aliphatic carbocycles. The lowest BCUT2D eigenvalue weighted by atomic mass is 10.4. The van der Waals surface area contributed by atoms with E-state index in [9.17, 15) is 0 Å². The number of rotatable bonds is 1. The van der Waals surface area contributed by atoms with Crippen molar-refractivity contribution in [2.24, 2.45) is 0 Å². The van der Waals surface area contributed by atoms with Crippen LogP contribution in [0.2, 0.25) is 0 Å². The van der Waals surface area contributed by atoms with Crippen molar-refractivity contribution in [3.63, 3.8) is 0 Å². The highest BCUT2D eigenvalue weighted by Gasteiger charge is 2.05. The normalized spacial score (nSPS) is 10.4. The van der Waals surface area contributed by atoms with Crippen LogP contribution in [0.15, 0.2) is 18.5 Å². The molecule has 2 aromatic heterocycles. The standard InChI is InChI=1S/C9H11N5/c1-6-4-9(12-5-11-6)14-8(10)3-7(2)13-14/h3-5H,10H2,1-2H3. The quantitative estimate of drug-likeness (QED) is 0.722. The summed E-state index contributed by atoms with van der Waals surface area (Å²) in [6, 6.07) is 3.64. The van der Waals surface area contributed by atoms with Crippen LogP contribution in [-0.2, 0) is 0 Å². The number of anilines is 1. The van der Waals surface area contributed by atoms with Gasteiger partial charge in [-0.15, -0.1) is 0 Å². The first-order chi connectivity index (χ1) is 6.66. The molecular weight excluding hydrogens is 178 g/mol. The molecule has 72 valence electrons. The second-order valence-electron chi connectivity index (χ2n) is 3.14. The van der Waals surface area contributed by atoms with Crippen LogP contribution in [0.1, 0.15) is 11.4 Å². The van der Waals surface area contributed by atoms with Gasteiger partial charge in [-0.25, -0.2) is 9.97 Å². The van der Waals surface area contributed by atoms with E-state index in [1.807, 2.05) is 19.9 Å². The van der Waals surface area contributed by atoms with Crippen molar-refractivity contribution < 1.29 is 0 Å². The summed E-state index contributed by atoms with van der Waals surface area (Å²) < 4.78 is 1.60. The number of nitrogens with zero attached hydrogens (tertiary/aromatic N) is 4. The van der Waals surface area contributed by atoms with Gasteiger partial charge >= 0.3 is 0 Å². The first-order valence-corrected chi connectivity index (χ1v) is 4.28. The molecule has 0 aromatic carbocycles. The maximum absolute atomic E-state index is 5.76. The van der Waals surface area contributed by atoms with Gasteiger partial charge in [0.25, 0.3) is 0 Å². The predicted molar refractivity (Wildman–Crippen MR) is 53.0 cm³/mol. The number of aryl methyl sites for hydroxylation is 2. The van der Waals surface area contributed by atoms with Gasteiger partial charge in [0, 0.05) is 17.8 Å². The van der Waals surface area contributed by atoms with E-state index in [2.05, 4.69) is 15.1 Å². The molecule has 0 saturated carbocycles.